The van der Waals surface area contributed by atoms with Crippen LogP contribution in [0.3, 0.4) is 0 Å². The standard InChI is InChI=1S/C16H23ClN2O4/c1-11(10-22-2)23-15-6-5-12(17)8-14(15)18-16(21)19-7-3-4-13(19)9-20/h5-6,8,11,13,20H,3-4,7,9-10H2,1-2H3,(H,18,21)/t11-,13-/m1/s1. The Morgan fingerprint density at radius 2 is 2.35 bits per heavy atom. The summed E-state index contributed by atoms with van der Waals surface area (Å²) in [5, 5.41) is 12.7. The van der Waals surface area contributed by atoms with Crippen molar-refractivity contribution < 1.29 is 19.4 Å². The van der Waals surface area contributed by atoms with Crippen LogP contribution in [0.2, 0.25) is 5.02 Å². The minimum Gasteiger partial charge on any atom is -0.486 e. The second-order valence-corrected chi connectivity index (χ2v) is 6.06. The van der Waals surface area contributed by atoms with Crippen LogP contribution in [0.5, 0.6) is 5.75 Å². The summed E-state index contributed by atoms with van der Waals surface area (Å²) >= 11 is 6.03. The first-order valence-corrected chi connectivity index (χ1v) is 8.06. The summed E-state index contributed by atoms with van der Waals surface area (Å²) in [6, 6.07) is 4.69. The highest BCUT2D eigenvalue weighted by Crippen LogP contribution is 2.30. The fourth-order valence-corrected chi connectivity index (χ4v) is 2.84. The van der Waals surface area contributed by atoms with E-state index < -0.39 is 0 Å². The number of ether oxygens (including phenoxy) is 2. The highest BCUT2D eigenvalue weighted by molar-refractivity contribution is 6.31. The van der Waals surface area contributed by atoms with Crippen molar-refractivity contribution in [2.45, 2.75) is 31.9 Å². The molecule has 1 saturated heterocycles. The molecule has 1 aliphatic rings. The van der Waals surface area contributed by atoms with Gasteiger partial charge in [0.1, 0.15) is 11.9 Å². The summed E-state index contributed by atoms with van der Waals surface area (Å²) in [6.45, 7) is 2.92. The van der Waals surface area contributed by atoms with Crippen molar-refractivity contribution in [2.24, 2.45) is 0 Å². The molecule has 0 radical (unpaired) electrons. The molecule has 0 saturated carbocycles. The predicted octanol–water partition coefficient (Wildman–Crippen LogP) is 2.74. The van der Waals surface area contributed by atoms with Gasteiger partial charge >= 0.3 is 6.03 Å². The number of aliphatic hydroxyl groups excluding tert-OH is 1. The number of hydrogen-bond acceptors (Lipinski definition) is 4. The zero-order valence-corrected chi connectivity index (χ0v) is 14.2. The molecule has 0 aromatic heterocycles. The van der Waals surface area contributed by atoms with E-state index in [2.05, 4.69) is 5.32 Å². The number of amides is 2. The summed E-state index contributed by atoms with van der Waals surface area (Å²) in [5.41, 5.74) is 0.508. The Hall–Kier alpha value is -1.50. The zero-order chi connectivity index (χ0) is 16.8. The minimum atomic E-state index is -0.256. The number of hydrogen-bond donors (Lipinski definition) is 2. The number of methoxy groups -OCH3 is 1. The van der Waals surface area contributed by atoms with Crippen molar-refractivity contribution in [2.75, 3.05) is 32.2 Å². The summed E-state index contributed by atoms with van der Waals surface area (Å²) in [7, 11) is 1.60. The molecule has 23 heavy (non-hydrogen) atoms. The van der Waals surface area contributed by atoms with Gasteiger partial charge in [-0.25, -0.2) is 4.79 Å². The van der Waals surface area contributed by atoms with E-state index in [0.29, 0.717) is 29.6 Å². The third-order valence-corrected chi connectivity index (χ3v) is 4.00. The maximum atomic E-state index is 12.4. The molecular weight excluding hydrogens is 320 g/mol. The highest BCUT2D eigenvalue weighted by Gasteiger charge is 2.28. The van der Waals surface area contributed by atoms with Gasteiger partial charge in [-0.15, -0.1) is 0 Å². The van der Waals surface area contributed by atoms with Gasteiger partial charge in [0, 0.05) is 18.7 Å². The lowest BCUT2D eigenvalue weighted by atomic mass is 10.2. The predicted molar refractivity (Wildman–Crippen MR) is 89.3 cm³/mol. The maximum Gasteiger partial charge on any atom is 0.322 e. The summed E-state index contributed by atoms with van der Waals surface area (Å²) < 4.78 is 10.8. The Bertz CT molecular complexity index is 541. The van der Waals surface area contributed by atoms with Crippen molar-refractivity contribution in [3.8, 4) is 5.75 Å². The van der Waals surface area contributed by atoms with E-state index in [0.717, 1.165) is 12.8 Å². The van der Waals surface area contributed by atoms with Gasteiger partial charge in [0.15, 0.2) is 0 Å². The normalized spacial score (nSPS) is 18.8. The smallest absolute Gasteiger partial charge is 0.322 e. The number of carbonyl (C=O) groups is 1. The first kappa shape index (κ1) is 17.8. The summed E-state index contributed by atoms with van der Waals surface area (Å²) in [4.78, 5) is 14.1. The van der Waals surface area contributed by atoms with E-state index in [4.69, 9.17) is 21.1 Å². The number of nitrogens with zero attached hydrogens (tertiary/aromatic N) is 1. The third kappa shape index (κ3) is 4.73. The third-order valence-electron chi connectivity index (χ3n) is 3.76. The van der Waals surface area contributed by atoms with Crippen molar-refractivity contribution in [1.82, 2.24) is 4.90 Å². The maximum absolute atomic E-state index is 12.4. The van der Waals surface area contributed by atoms with Crippen LogP contribution in [-0.4, -0.2) is 55.1 Å². The lowest BCUT2D eigenvalue weighted by Gasteiger charge is -2.24. The van der Waals surface area contributed by atoms with E-state index in [9.17, 15) is 9.90 Å². The number of carbonyl (C=O) groups excluding carboxylic acids is 1. The fraction of sp³-hybridized carbons (Fsp3) is 0.562. The number of aliphatic hydroxyl groups is 1. The van der Waals surface area contributed by atoms with Crippen LogP contribution in [0.4, 0.5) is 10.5 Å². The lowest BCUT2D eigenvalue weighted by Crippen LogP contribution is -2.40. The molecule has 0 unspecified atom stereocenters. The van der Waals surface area contributed by atoms with Gasteiger partial charge in [-0.1, -0.05) is 11.6 Å². The molecule has 6 nitrogen and oxygen atoms in total. The largest absolute Gasteiger partial charge is 0.486 e. The van der Waals surface area contributed by atoms with Crippen LogP contribution in [0.15, 0.2) is 18.2 Å². The molecule has 0 aliphatic carbocycles. The average molecular weight is 343 g/mol. The Morgan fingerprint density at radius 1 is 1.57 bits per heavy atom. The molecule has 7 heteroatoms. The van der Waals surface area contributed by atoms with Crippen LogP contribution in [0.25, 0.3) is 0 Å². The average Bonchev–Trinajstić information content (AvgIpc) is 2.99. The van der Waals surface area contributed by atoms with Gasteiger partial charge in [0.05, 0.1) is 24.9 Å². The zero-order valence-electron chi connectivity index (χ0n) is 13.4. The molecule has 1 aromatic carbocycles. The van der Waals surface area contributed by atoms with E-state index in [1.807, 2.05) is 6.92 Å². The molecule has 2 amide bonds. The second-order valence-electron chi connectivity index (χ2n) is 5.63. The summed E-state index contributed by atoms with van der Waals surface area (Å²) in [5.74, 6) is 0.534. The molecule has 128 valence electrons. The summed E-state index contributed by atoms with van der Waals surface area (Å²) in [6.07, 6.45) is 1.55. The van der Waals surface area contributed by atoms with Crippen LogP contribution in [0.1, 0.15) is 19.8 Å². The Kier molecular flexibility index (Phi) is 6.50. The number of nitrogens with one attached hydrogen (secondary N) is 1. The number of likely N-dealkylation sites (tertiary alicyclic amines) is 1. The van der Waals surface area contributed by atoms with E-state index in [1.165, 1.54) is 0 Å². The van der Waals surface area contributed by atoms with Crippen LogP contribution in [-0.2, 0) is 4.74 Å². The van der Waals surface area contributed by atoms with Crippen molar-refractivity contribution >= 4 is 23.3 Å². The van der Waals surface area contributed by atoms with Crippen LogP contribution in [0, 0.1) is 0 Å². The molecule has 1 fully saturated rings. The van der Waals surface area contributed by atoms with E-state index >= 15 is 0 Å². The quantitative estimate of drug-likeness (QED) is 0.834. The highest BCUT2D eigenvalue weighted by atomic mass is 35.5. The number of rotatable bonds is 6. The monoisotopic (exact) mass is 342 g/mol. The van der Waals surface area contributed by atoms with Gasteiger partial charge in [-0.3, -0.25) is 0 Å². The lowest BCUT2D eigenvalue weighted by molar-refractivity contribution is 0.0925. The molecule has 1 aliphatic heterocycles. The van der Waals surface area contributed by atoms with E-state index in [1.54, 1.807) is 30.2 Å². The Labute approximate surface area is 141 Å². The molecule has 2 atom stereocenters. The Morgan fingerprint density at radius 3 is 3.04 bits per heavy atom. The first-order valence-electron chi connectivity index (χ1n) is 7.68. The van der Waals surface area contributed by atoms with Crippen molar-refractivity contribution in [1.29, 1.82) is 0 Å². The van der Waals surface area contributed by atoms with E-state index in [-0.39, 0.29) is 24.8 Å². The number of urea groups is 1. The number of halogens is 1. The molecule has 2 N–H and O–H groups in total. The van der Waals surface area contributed by atoms with Gasteiger partial charge in [-0.2, -0.15) is 0 Å². The van der Waals surface area contributed by atoms with Crippen molar-refractivity contribution in [3.05, 3.63) is 23.2 Å². The van der Waals surface area contributed by atoms with Crippen molar-refractivity contribution in [3.63, 3.8) is 0 Å². The molecule has 0 bridgehead atoms. The van der Waals surface area contributed by atoms with Crippen LogP contribution < -0.4 is 10.1 Å². The number of anilines is 1. The topological polar surface area (TPSA) is 71.0 Å². The van der Waals surface area contributed by atoms with Gasteiger partial charge in [0.2, 0.25) is 0 Å². The van der Waals surface area contributed by atoms with Gasteiger partial charge in [-0.05, 0) is 38.0 Å². The second kappa shape index (κ2) is 8.38. The number of benzene rings is 1. The molecule has 1 aromatic rings. The fourth-order valence-electron chi connectivity index (χ4n) is 2.67. The minimum absolute atomic E-state index is 0.0306. The SMILES string of the molecule is COC[C@@H](C)Oc1ccc(Cl)cc1NC(=O)N1CCC[C@@H]1CO. The first-order chi connectivity index (χ1) is 11.0. The molecule has 0 spiro atoms. The Balaban J connectivity index is 2.11. The van der Waals surface area contributed by atoms with Gasteiger partial charge < -0.3 is 24.8 Å². The van der Waals surface area contributed by atoms with Gasteiger partial charge in [0.25, 0.3) is 0 Å². The molecule has 1 heterocycles. The molecular formula is C16H23ClN2O4. The van der Waals surface area contributed by atoms with Crippen LogP contribution >= 0.6 is 11.6 Å². The molecule has 2 rings (SSSR count).